The molecule has 2 amide bonds. The molecule has 2 aliphatic heterocycles. The highest BCUT2D eigenvalue weighted by Gasteiger charge is 2.32. The Hall–Kier alpha value is -1.91. The number of carbonyl (C=O) groups excluding carboxylic acids is 2. The van der Waals surface area contributed by atoms with Crippen molar-refractivity contribution in [3.8, 4) is 6.07 Å². The van der Waals surface area contributed by atoms with E-state index in [1.165, 1.54) is 0 Å². The van der Waals surface area contributed by atoms with Crippen molar-refractivity contribution < 1.29 is 19.1 Å². The standard InChI is InChI=1S/C19H29N3O4/c1-14(12-15(2)18(23)21-4-8-25-9-5-21)17(13-20)16(3)19(24)22-6-10-26-11-7-22/h15-17H,1,4-12H2,2-3H3/t15-,16-,17+/m0/s1. The third-order valence-electron chi connectivity index (χ3n) is 5.10. The number of ether oxygens (including phenoxy) is 2. The third-order valence-corrected chi connectivity index (χ3v) is 5.10. The molecular formula is C19H29N3O4. The fourth-order valence-corrected chi connectivity index (χ4v) is 3.47. The molecule has 2 heterocycles. The van der Waals surface area contributed by atoms with Crippen LogP contribution in [-0.2, 0) is 19.1 Å². The molecule has 0 bridgehead atoms. The highest BCUT2D eigenvalue weighted by molar-refractivity contribution is 5.80. The first kappa shape index (κ1) is 20.4. The average Bonchev–Trinajstić information content (AvgIpc) is 2.68. The van der Waals surface area contributed by atoms with Gasteiger partial charge in [0.2, 0.25) is 11.8 Å². The summed E-state index contributed by atoms with van der Waals surface area (Å²) in [6, 6.07) is 2.22. The van der Waals surface area contributed by atoms with Gasteiger partial charge in [0.05, 0.1) is 44.3 Å². The minimum atomic E-state index is -0.592. The zero-order valence-electron chi connectivity index (χ0n) is 15.8. The second-order valence-electron chi connectivity index (χ2n) is 7.03. The van der Waals surface area contributed by atoms with Crippen LogP contribution in [0.25, 0.3) is 0 Å². The summed E-state index contributed by atoms with van der Waals surface area (Å²) >= 11 is 0. The van der Waals surface area contributed by atoms with Crippen molar-refractivity contribution >= 4 is 11.8 Å². The maximum Gasteiger partial charge on any atom is 0.227 e. The van der Waals surface area contributed by atoms with Crippen LogP contribution >= 0.6 is 0 Å². The summed E-state index contributed by atoms with van der Waals surface area (Å²) in [6.45, 7) is 12.1. The van der Waals surface area contributed by atoms with Crippen LogP contribution in [0.4, 0.5) is 0 Å². The van der Waals surface area contributed by atoms with Gasteiger partial charge in [-0.2, -0.15) is 5.26 Å². The fraction of sp³-hybridized carbons (Fsp3) is 0.737. The number of rotatable bonds is 6. The zero-order valence-corrected chi connectivity index (χ0v) is 15.8. The van der Waals surface area contributed by atoms with E-state index >= 15 is 0 Å². The smallest absolute Gasteiger partial charge is 0.227 e. The molecule has 2 aliphatic rings. The van der Waals surface area contributed by atoms with E-state index in [4.69, 9.17) is 9.47 Å². The minimum absolute atomic E-state index is 0.0480. The maximum atomic E-state index is 12.7. The molecule has 0 aromatic heterocycles. The van der Waals surface area contributed by atoms with Crippen molar-refractivity contribution in [3.05, 3.63) is 12.2 Å². The first-order valence-corrected chi connectivity index (χ1v) is 9.26. The Morgan fingerprint density at radius 2 is 1.46 bits per heavy atom. The van der Waals surface area contributed by atoms with Gasteiger partial charge in [0.1, 0.15) is 0 Å². The Morgan fingerprint density at radius 1 is 1.00 bits per heavy atom. The summed E-state index contributed by atoms with van der Waals surface area (Å²) in [6.07, 6.45) is 0.412. The normalized spacial score (nSPS) is 21.4. The van der Waals surface area contributed by atoms with E-state index in [2.05, 4.69) is 12.6 Å². The van der Waals surface area contributed by atoms with Gasteiger partial charge in [-0.25, -0.2) is 0 Å². The van der Waals surface area contributed by atoms with Crippen LogP contribution < -0.4 is 0 Å². The number of hydrogen-bond acceptors (Lipinski definition) is 5. The summed E-state index contributed by atoms with van der Waals surface area (Å²) in [7, 11) is 0. The Labute approximate surface area is 155 Å². The van der Waals surface area contributed by atoms with E-state index in [0.29, 0.717) is 64.6 Å². The predicted molar refractivity (Wildman–Crippen MR) is 96.0 cm³/mol. The van der Waals surface area contributed by atoms with Crippen molar-refractivity contribution in [2.24, 2.45) is 17.8 Å². The van der Waals surface area contributed by atoms with E-state index in [-0.39, 0.29) is 17.7 Å². The van der Waals surface area contributed by atoms with Gasteiger partial charge in [0.25, 0.3) is 0 Å². The highest BCUT2D eigenvalue weighted by Crippen LogP contribution is 2.27. The Balaban J connectivity index is 1.93. The predicted octanol–water partition coefficient (Wildman–Crippen LogP) is 1.06. The van der Waals surface area contributed by atoms with Crippen molar-refractivity contribution in [3.63, 3.8) is 0 Å². The van der Waals surface area contributed by atoms with Gasteiger partial charge in [-0.1, -0.05) is 26.0 Å². The minimum Gasteiger partial charge on any atom is -0.378 e. The van der Waals surface area contributed by atoms with Crippen molar-refractivity contribution in [1.29, 1.82) is 5.26 Å². The molecule has 7 nitrogen and oxygen atoms in total. The Bertz CT molecular complexity index is 560. The van der Waals surface area contributed by atoms with Crippen LogP contribution in [0.1, 0.15) is 20.3 Å². The Morgan fingerprint density at radius 3 is 1.92 bits per heavy atom. The first-order valence-electron chi connectivity index (χ1n) is 9.26. The topological polar surface area (TPSA) is 82.9 Å². The Kier molecular flexibility index (Phi) is 7.61. The molecule has 0 N–H and O–H groups in total. The summed E-state index contributed by atoms with van der Waals surface area (Å²) in [5, 5.41) is 9.60. The largest absolute Gasteiger partial charge is 0.378 e. The van der Waals surface area contributed by atoms with Crippen molar-refractivity contribution in [2.75, 3.05) is 52.6 Å². The second-order valence-corrected chi connectivity index (χ2v) is 7.03. The summed E-state index contributed by atoms with van der Waals surface area (Å²) in [5.41, 5.74) is 0.649. The molecule has 2 saturated heterocycles. The van der Waals surface area contributed by atoms with Gasteiger partial charge in [0.15, 0.2) is 0 Å². The van der Waals surface area contributed by atoms with Gasteiger partial charge >= 0.3 is 0 Å². The number of nitriles is 1. The molecule has 0 aromatic carbocycles. The fourth-order valence-electron chi connectivity index (χ4n) is 3.47. The van der Waals surface area contributed by atoms with Crippen molar-refractivity contribution in [1.82, 2.24) is 9.80 Å². The first-order chi connectivity index (χ1) is 12.5. The van der Waals surface area contributed by atoms with E-state index in [9.17, 15) is 14.9 Å². The average molecular weight is 363 g/mol. The monoisotopic (exact) mass is 363 g/mol. The molecule has 2 rings (SSSR count). The lowest BCUT2D eigenvalue weighted by Crippen LogP contribution is -2.45. The summed E-state index contributed by atoms with van der Waals surface area (Å²) in [4.78, 5) is 28.8. The van der Waals surface area contributed by atoms with E-state index in [0.717, 1.165) is 0 Å². The lowest BCUT2D eigenvalue weighted by molar-refractivity contribution is -0.139. The van der Waals surface area contributed by atoms with Crippen LogP contribution in [0.3, 0.4) is 0 Å². The molecule has 0 aliphatic carbocycles. The molecule has 7 heteroatoms. The molecule has 3 atom stereocenters. The number of amides is 2. The summed E-state index contributed by atoms with van der Waals surface area (Å²) in [5.74, 6) is -1.32. The zero-order chi connectivity index (χ0) is 19.1. The van der Waals surface area contributed by atoms with Crippen LogP contribution in [0.5, 0.6) is 0 Å². The van der Waals surface area contributed by atoms with E-state index in [1.54, 1.807) is 16.7 Å². The van der Waals surface area contributed by atoms with Gasteiger partial charge in [-0.15, -0.1) is 0 Å². The summed E-state index contributed by atoms with van der Waals surface area (Å²) < 4.78 is 10.5. The maximum absolute atomic E-state index is 12.7. The molecule has 0 unspecified atom stereocenters. The number of allylic oxidation sites excluding steroid dienone is 1. The van der Waals surface area contributed by atoms with Gasteiger partial charge < -0.3 is 19.3 Å². The number of hydrogen-bond donors (Lipinski definition) is 0. The lowest BCUT2D eigenvalue weighted by Gasteiger charge is -2.32. The van der Waals surface area contributed by atoms with E-state index < -0.39 is 11.8 Å². The van der Waals surface area contributed by atoms with Gasteiger partial charge in [-0.3, -0.25) is 9.59 Å². The molecule has 2 fully saturated rings. The number of nitrogens with zero attached hydrogens (tertiary/aromatic N) is 3. The highest BCUT2D eigenvalue weighted by atomic mass is 16.5. The number of morpholine rings is 2. The van der Waals surface area contributed by atoms with Crippen molar-refractivity contribution in [2.45, 2.75) is 20.3 Å². The van der Waals surface area contributed by atoms with Crippen LogP contribution in [0.15, 0.2) is 12.2 Å². The van der Waals surface area contributed by atoms with Crippen LogP contribution in [0, 0.1) is 29.1 Å². The lowest BCUT2D eigenvalue weighted by atomic mass is 9.83. The molecule has 144 valence electrons. The SMILES string of the molecule is C=C(C[C@H](C)C(=O)N1CCOCC1)[C@@H](C#N)[C@H](C)C(=O)N1CCOCC1. The van der Waals surface area contributed by atoms with E-state index in [1.807, 2.05) is 6.92 Å². The molecule has 0 radical (unpaired) electrons. The third kappa shape index (κ3) is 5.05. The molecule has 0 saturated carbocycles. The molecule has 0 aromatic rings. The molecule has 26 heavy (non-hydrogen) atoms. The van der Waals surface area contributed by atoms with Crippen LogP contribution in [-0.4, -0.2) is 74.2 Å². The van der Waals surface area contributed by atoms with Gasteiger partial charge in [-0.05, 0) is 6.42 Å². The van der Waals surface area contributed by atoms with Crippen LogP contribution in [0.2, 0.25) is 0 Å². The molecule has 0 spiro atoms. The quantitative estimate of drug-likeness (QED) is 0.659. The van der Waals surface area contributed by atoms with Gasteiger partial charge in [0, 0.05) is 32.1 Å². The second kappa shape index (κ2) is 9.70. The number of carbonyl (C=O) groups is 2. The molecular weight excluding hydrogens is 334 g/mol.